The quantitative estimate of drug-likeness (QED) is 0.493. The first-order chi connectivity index (χ1) is 5.56. The Labute approximate surface area is 77.2 Å². The van der Waals surface area contributed by atoms with Crippen LogP contribution in [0.5, 0.6) is 0 Å². The van der Waals surface area contributed by atoms with Crippen LogP contribution in [0.15, 0.2) is 12.2 Å². The van der Waals surface area contributed by atoms with Gasteiger partial charge in [-0.25, -0.2) is 0 Å². The molecule has 1 nitrogen and oxygen atoms in total. The number of hydrogen-bond donors (Lipinski definition) is 1. The fourth-order valence-corrected chi connectivity index (χ4v) is 0.933. The maximum atomic E-state index is 3.43. The Morgan fingerprint density at radius 2 is 1.83 bits per heavy atom. The summed E-state index contributed by atoms with van der Waals surface area (Å²) in [5.74, 6) is 0. The summed E-state index contributed by atoms with van der Waals surface area (Å²) >= 11 is 0. The molecule has 0 spiro atoms. The molecule has 0 aliphatic heterocycles. The lowest BCUT2D eigenvalue weighted by Crippen LogP contribution is -2.27. The third-order valence-electron chi connectivity index (χ3n) is 1.55. The second kappa shape index (κ2) is 6.24. The van der Waals surface area contributed by atoms with E-state index in [1.54, 1.807) is 0 Å². The minimum absolute atomic E-state index is 0.411. The van der Waals surface area contributed by atoms with Gasteiger partial charge in [0.15, 0.2) is 0 Å². The van der Waals surface area contributed by atoms with Crippen molar-refractivity contribution in [3.05, 3.63) is 12.2 Å². The van der Waals surface area contributed by atoms with E-state index in [4.69, 9.17) is 0 Å². The molecule has 0 rings (SSSR count). The highest BCUT2D eigenvalue weighted by Gasteiger charge is 2.07. The topological polar surface area (TPSA) is 12.0 Å². The summed E-state index contributed by atoms with van der Waals surface area (Å²) in [7, 11) is 0. The highest BCUT2D eigenvalue weighted by Crippen LogP contribution is 2.09. The van der Waals surface area contributed by atoms with Crippen LogP contribution in [0.2, 0.25) is 0 Å². The van der Waals surface area contributed by atoms with Gasteiger partial charge in [-0.15, -0.1) is 0 Å². The Morgan fingerprint density at radius 1 is 1.17 bits per heavy atom. The van der Waals surface area contributed by atoms with Crippen molar-refractivity contribution >= 4 is 0 Å². The predicted molar refractivity (Wildman–Crippen MR) is 56.4 cm³/mol. The monoisotopic (exact) mass is 169 g/mol. The van der Waals surface area contributed by atoms with E-state index in [1.165, 1.54) is 0 Å². The molecule has 0 saturated heterocycles. The van der Waals surface area contributed by atoms with Crippen molar-refractivity contribution in [3.8, 4) is 0 Å². The maximum Gasteiger partial charge on any atom is -0.00000000877 e. The second-order valence-corrected chi connectivity index (χ2v) is 4.41. The number of nitrogens with one attached hydrogen (secondary N) is 1. The molecule has 0 aliphatic carbocycles. The first-order valence-electron chi connectivity index (χ1n) is 4.92. The molecule has 1 heteroatoms. The van der Waals surface area contributed by atoms with Crippen molar-refractivity contribution in [1.82, 2.24) is 5.32 Å². The van der Waals surface area contributed by atoms with Gasteiger partial charge in [-0.1, -0.05) is 39.8 Å². The standard InChI is InChI=1S/C11H23N/c1-5-6-7-8-9-12-10-11(2,3)4/h6-7,12H,5,8-10H2,1-4H3/b7-6-. The normalized spacial score (nSPS) is 12.7. The van der Waals surface area contributed by atoms with Crippen LogP contribution in [-0.4, -0.2) is 13.1 Å². The molecule has 0 radical (unpaired) electrons. The van der Waals surface area contributed by atoms with Gasteiger partial charge in [0.25, 0.3) is 0 Å². The highest BCUT2D eigenvalue weighted by molar-refractivity contribution is 4.80. The molecule has 0 atom stereocenters. The zero-order valence-corrected chi connectivity index (χ0v) is 8.98. The van der Waals surface area contributed by atoms with Gasteiger partial charge in [0.05, 0.1) is 0 Å². The smallest absolute Gasteiger partial charge is 0.00000000877 e. The number of hydrogen-bond acceptors (Lipinski definition) is 1. The van der Waals surface area contributed by atoms with Gasteiger partial charge in [-0.05, 0) is 31.3 Å². The maximum absolute atomic E-state index is 3.43. The Balaban J connectivity index is 3.17. The van der Waals surface area contributed by atoms with Crippen LogP contribution in [0.1, 0.15) is 40.5 Å². The molecule has 0 aliphatic rings. The predicted octanol–water partition coefficient (Wildman–Crippen LogP) is 2.98. The molecule has 1 N–H and O–H groups in total. The van der Waals surface area contributed by atoms with E-state index in [1.807, 2.05) is 0 Å². The van der Waals surface area contributed by atoms with Gasteiger partial charge in [-0.2, -0.15) is 0 Å². The van der Waals surface area contributed by atoms with Gasteiger partial charge in [-0.3, -0.25) is 0 Å². The molecule has 12 heavy (non-hydrogen) atoms. The van der Waals surface area contributed by atoms with E-state index in [9.17, 15) is 0 Å². The summed E-state index contributed by atoms with van der Waals surface area (Å²) in [6, 6.07) is 0. The van der Waals surface area contributed by atoms with Crippen molar-refractivity contribution in [2.75, 3.05) is 13.1 Å². The van der Waals surface area contributed by atoms with Gasteiger partial charge in [0, 0.05) is 0 Å². The van der Waals surface area contributed by atoms with Crippen LogP contribution in [0.25, 0.3) is 0 Å². The Kier molecular flexibility index (Phi) is 6.09. The third-order valence-corrected chi connectivity index (χ3v) is 1.55. The number of rotatable bonds is 5. The van der Waals surface area contributed by atoms with Crippen LogP contribution in [-0.2, 0) is 0 Å². The van der Waals surface area contributed by atoms with Gasteiger partial charge in [0.2, 0.25) is 0 Å². The summed E-state index contributed by atoms with van der Waals surface area (Å²) in [5.41, 5.74) is 0.411. The van der Waals surface area contributed by atoms with Crippen molar-refractivity contribution in [3.63, 3.8) is 0 Å². The fourth-order valence-electron chi connectivity index (χ4n) is 0.933. The molecule has 72 valence electrons. The van der Waals surface area contributed by atoms with Crippen molar-refractivity contribution in [1.29, 1.82) is 0 Å². The van der Waals surface area contributed by atoms with Crippen molar-refractivity contribution in [2.24, 2.45) is 5.41 Å². The third kappa shape index (κ3) is 9.70. The minimum atomic E-state index is 0.411. The Bertz CT molecular complexity index is 119. The first kappa shape index (κ1) is 11.7. The summed E-state index contributed by atoms with van der Waals surface area (Å²) in [6.45, 7) is 11.1. The zero-order valence-electron chi connectivity index (χ0n) is 8.98. The molecule has 0 aromatic rings. The lowest BCUT2D eigenvalue weighted by atomic mass is 9.97. The van der Waals surface area contributed by atoms with Crippen LogP contribution < -0.4 is 5.32 Å². The summed E-state index contributed by atoms with van der Waals surface area (Å²) < 4.78 is 0. The molecule has 0 unspecified atom stereocenters. The molecular weight excluding hydrogens is 146 g/mol. The molecule has 0 amide bonds. The summed E-state index contributed by atoms with van der Waals surface area (Å²) in [4.78, 5) is 0. The van der Waals surface area contributed by atoms with E-state index < -0.39 is 0 Å². The van der Waals surface area contributed by atoms with E-state index in [-0.39, 0.29) is 0 Å². The largest absolute Gasteiger partial charge is 0.316 e. The van der Waals surface area contributed by atoms with Crippen LogP contribution >= 0.6 is 0 Å². The first-order valence-corrected chi connectivity index (χ1v) is 4.92. The summed E-state index contributed by atoms with van der Waals surface area (Å²) in [5, 5.41) is 3.43. The molecule has 0 bridgehead atoms. The molecule has 0 saturated carbocycles. The van der Waals surface area contributed by atoms with E-state index in [0.29, 0.717) is 5.41 Å². The fraction of sp³-hybridized carbons (Fsp3) is 0.818. The lowest BCUT2D eigenvalue weighted by Gasteiger charge is -2.18. The molecule has 0 heterocycles. The van der Waals surface area contributed by atoms with Crippen LogP contribution in [0.4, 0.5) is 0 Å². The SMILES string of the molecule is CC/C=C\CCNCC(C)(C)C. The summed E-state index contributed by atoms with van der Waals surface area (Å²) in [6.07, 6.45) is 6.78. The van der Waals surface area contributed by atoms with Gasteiger partial charge < -0.3 is 5.32 Å². The van der Waals surface area contributed by atoms with E-state index in [0.717, 1.165) is 25.9 Å². The highest BCUT2D eigenvalue weighted by atomic mass is 14.9. The average Bonchev–Trinajstić information content (AvgIpc) is 1.94. The van der Waals surface area contributed by atoms with E-state index in [2.05, 4.69) is 45.2 Å². The minimum Gasteiger partial charge on any atom is -0.316 e. The zero-order chi connectivity index (χ0) is 9.45. The average molecular weight is 169 g/mol. The second-order valence-electron chi connectivity index (χ2n) is 4.41. The molecule has 0 fully saturated rings. The van der Waals surface area contributed by atoms with Crippen LogP contribution in [0.3, 0.4) is 0 Å². The lowest BCUT2D eigenvalue weighted by molar-refractivity contribution is 0.382. The van der Waals surface area contributed by atoms with Gasteiger partial charge >= 0.3 is 0 Å². The molecular formula is C11H23N. The van der Waals surface area contributed by atoms with Crippen molar-refractivity contribution < 1.29 is 0 Å². The Hall–Kier alpha value is -0.300. The van der Waals surface area contributed by atoms with Crippen LogP contribution in [0, 0.1) is 5.41 Å². The van der Waals surface area contributed by atoms with Crippen molar-refractivity contribution in [2.45, 2.75) is 40.5 Å². The molecule has 0 aromatic carbocycles. The Morgan fingerprint density at radius 3 is 2.33 bits per heavy atom. The van der Waals surface area contributed by atoms with E-state index >= 15 is 0 Å². The molecule has 0 aromatic heterocycles. The number of allylic oxidation sites excluding steroid dienone is 1. The van der Waals surface area contributed by atoms with Gasteiger partial charge in [0.1, 0.15) is 0 Å².